The Kier molecular flexibility index (Phi) is 5.98. The highest BCUT2D eigenvalue weighted by molar-refractivity contribution is 7.10. The fraction of sp³-hybridized carbons (Fsp3) is 0.278. The Morgan fingerprint density at radius 2 is 2.14 bits per heavy atom. The van der Waals surface area contributed by atoms with Crippen LogP contribution < -0.4 is 5.32 Å². The van der Waals surface area contributed by atoms with Crippen LogP contribution in [0.15, 0.2) is 40.9 Å². The van der Waals surface area contributed by atoms with E-state index in [-0.39, 0.29) is 18.2 Å². The number of benzene rings is 1. The van der Waals surface area contributed by atoms with Crippen molar-refractivity contribution >= 4 is 35.1 Å². The van der Waals surface area contributed by atoms with Gasteiger partial charge in [-0.2, -0.15) is 13.2 Å². The predicted octanol–water partition coefficient (Wildman–Crippen LogP) is 3.29. The normalized spacial score (nSPS) is 14.0. The number of carbonyl (C=O) groups is 2. The Balaban J connectivity index is 1.45. The molecule has 0 unspecified atom stereocenters. The highest BCUT2D eigenvalue weighted by Crippen LogP contribution is 2.30. The molecule has 3 rings (SSSR count). The number of amides is 2. The number of alkyl halides is 3. The number of rotatable bonds is 5. The number of carbonyl (C=O) groups excluding carboxylic acids is 2. The second-order valence-corrected chi connectivity index (χ2v) is 7.01. The maximum absolute atomic E-state index is 12.7. The lowest BCUT2D eigenvalue weighted by Gasteiger charge is -2.26. The summed E-state index contributed by atoms with van der Waals surface area (Å²) in [6.45, 7) is 0.781. The standard InChI is InChI=1S/C18H16F3N3O3S/c19-18(20,21)13-2-1-3-14(8-13)23-16(25)9-22-27-11-17(26)24-6-4-15-12(10-24)5-7-28-15/h1-3,5,7-9H,4,6,10-11H2,(H,23,25)/b22-9+. The van der Waals surface area contributed by atoms with Gasteiger partial charge < -0.3 is 15.1 Å². The minimum absolute atomic E-state index is 0.0257. The van der Waals surface area contributed by atoms with Crippen molar-refractivity contribution in [1.29, 1.82) is 0 Å². The summed E-state index contributed by atoms with van der Waals surface area (Å²) in [6.07, 6.45) is -2.95. The number of hydrogen-bond donors (Lipinski definition) is 1. The van der Waals surface area contributed by atoms with E-state index >= 15 is 0 Å². The monoisotopic (exact) mass is 411 g/mol. The van der Waals surface area contributed by atoms with Crippen LogP contribution in [0.4, 0.5) is 18.9 Å². The van der Waals surface area contributed by atoms with Crippen molar-refractivity contribution < 1.29 is 27.6 Å². The van der Waals surface area contributed by atoms with Gasteiger partial charge in [0.2, 0.25) is 0 Å². The molecule has 0 spiro atoms. The molecule has 0 aliphatic carbocycles. The molecular formula is C18H16F3N3O3S. The fourth-order valence-electron chi connectivity index (χ4n) is 2.68. The van der Waals surface area contributed by atoms with Crippen LogP contribution >= 0.6 is 11.3 Å². The first-order valence-corrected chi connectivity index (χ1v) is 9.17. The van der Waals surface area contributed by atoms with Crippen LogP contribution in [0.1, 0.15) is 16.0 Å². The van der Waals surface area contributed by atoms with E-state index in [9.17, 15) is 22.8 Å². The molecular weight excluding hydrogens is 395 g/mol. The second-order valence-electron chi connectivity index (χ2n) is 6.01. The number of halogens is 3. The second kappa shape index (κ2) is 8.42. The average molecular weight is 411 g/mol. The van der Waals surface area contributed by atoms with E-state index in [0.717, 1.165) is 30.3 Å². The molecule has 28 heavy (non-hydrogen) atoms. The van der Waals surface area contributed by atoms with E-state index in [1.165, 1.54) is 17.0 Å². The van der Waals surface area contributed by atoms with Gasteiger partial charge >= 0.3 is 6.18 Å². The van der Waals surface area contributed by atoms with Gasteiger partial charge in [0.15, 0.2) is 6.61 Å². The summed E-state index contributed by atoms with van der Waals surface area (Å²) in [5.74, 6) is -1.03. The van der Waals surface area contributed by atoms with Gasteiger partial charge in [-0.3, -0.25) is 9.59 Å². The molecule has 2 heterocycles. The predicted molar refractivity (Wildman–Crippen MR) is 98.0 cm³/mol. The van der Waals surface area contributed by atoms with E-state index in [2.05, 4.69) is 10.5 Å². The molecule has 1 aliphatic rings. The summed E-state index contributed by atoms with van der Waals surface area (Å²) < 4.78 is 38.0. The molecule has 1 aliphatic heterocycles. The van der Waals surface area contributed by atoms with Gasteiger partial charge in [-0.15, -0.1) is 11.3 Å². The topological polar surface area (TPSA) is 71.0 Å². The van der Waals surface area contributed by atoms with Crippen molar-refractivity contribution in [2.24, 2.45) is 5.16 Å². The van der Waals surface area contributed by atoms with Crippen molar-refractivity contribution in [3.05, 3.63) is 51.7 Å². The van der Waals surface area contributed by atoms with E-state index in [1.807, 2.05) is 11.4 Å². The molecule has 1 aromatic heterocycles. The Hall–Kier alpha value is -2.88. The molecule has 0 bridgehead atoms. The van der Waals surface area contributed by atoms with Crippen LogP contribution in [0.2, 0.25) is 0 Å². The van der Waals surface area contributed by atoms with Crippen molar-refractivity contribution in [2.45, 2.75) is 19.1 Å². The smallest absolute Gasteiger partial charge is 0.386 e. The number of anilines is 1. The van der Waals surface area contributed by atoms with Gasteiger partial charge in [0, 0.05) is 23.7 Å². The van der Waals surface area contributed by atoms with Crippen LogP contribution in [-0.4, -0.2) is 36.1 Å². The quantitative estimate of drug-likeness (QED) is 0.606. The maximum Gasteiger partial charge on any atom is 0.416 e. The molecule has 148 valence electrons. The number of nitrogens with one attached hydrogen (secondary N) is 1. The van der Waals surface area contributed by atoms with Crippen molar-refractivity contribution in [1.82, 2.24) is 4.90 Å². The number of fused-ring (bicyclic) bond motifs is 1. The zero-order chi connectivity index (χ0) is 20.1. The third-order valence-electron chi connectivity index (χ3n) is 4.05. The Morgan fingerprint density at radius 3 is 2.93 bits per heavy atom. The number of hydrogen-bond acceptors (Lipinski definition) is 5. The number of thiophene rings is 1. The van der Waals surface area contributed by atoms with Gasteiger partial charge in [-0.1, -0.05) is 11.2 Å². The highest BCUT2D eigenvalue weighted by Gasteiger charge is 2.30. The van der Waals surface area contributed by atoms with Crippen molar-refractivity contribution in [3.63, 3.8) is 0 Å². The maximum atomic E-state index is 12.7. The third kappa shape index (κ3) is 5.10. The van der Waals surface area contributed by atoms with E-state index < -0.39 is 17.6 Å². The summed E-state index contributed by atoms with van der Waals surface area (Å²) in [4.78, 5) is 31.6. The molecule has 1 aromatic carbocycles. The lowest BCUT2D eigenvalue weighted by molar-refractivity contribution is -0.138. The average Bonchev–Trinajstić information content (AvgIpc) is 3.12. The van der Waals surface area contributed by atoms with Crippen LogP contribution in [0, 0.1) is 0 Å². The number of oxime groups is 1. The van der Waals surface area contributed by atoms with Crippen LogP contribution in [-0.2, 0) is 33.6 Å². The third-order valence-corrected chi connectivity index (χ3v) is 5.07. The molecule has 2 amide bonds. The molecule has 0 saturated carbocycles. The molecule has 1 N–H and O–H groups in total. The highest BCUT2D eigenvalue weighted by atomic mass is 32.1. The van der Waals surface area contributed by atoms with Crippen LogP contribution in [0.5, 0.6) is 0 Å². The van der Waals surface area contributed by atoms with Crippen molar-refractivity contribution in [2.75, 3.05) is 18.5 Å². The molecule has 0 fully saturated rings. The van der Waals surface area contributed by atoms with E-state index in [1.54, 1.807) is 16.2 Å². The molecule has 10 heteroatoms. The minimum Gasteiger partial charge on any atom is -0.386 e. The first-order chi connectivity index (χ1) is 13.3. The zero-order valence-electron chi connectivity index (χ0n) is 14.5. The number of nitrogens with zero attached hydrogens (tertiary/aromatic N) is 2. The van der Waals surface area contributed by atoms with E-state index in [4.69, 9.17) is 4.84 Å². The summed E-state index contributed by atoms with van der Waals surface area (Å²) in [5, 5.41) is 7.64. The van der Waals surface area contributed by atoms with Gasteiger partial charge in [-0.25, -0.2) is 0 Å². The van der Waals surface area contributed by atoms with Gasteiger partial charge in [-0.05, 0) is 41.6 Å². The zero-order valence-corrected chi connectivity index (χ0v) is 15.3. The Morgan fingerprint density at radius 1 is 1.32 bits per heavy atom. The summed E-state index contributed by atoms with van der Waals surface area (Å²) >= 11 is 1.67. The molecule has 0 radical (unpaired) electrons. The lowest BCUT2D eigenvalue weighted by Crippen LogP contribution is -2.37. The lowest BCUT2D eigenvalue weighted by atomic mass is 10.1. The molecule has 6 nitrogen and oxygen atoms in total. The van der Waals surface area contributed by atoms with Gasteiger partial charge in [0.25, 0.3) is 11.8 Å². The molecule has 0 saturated heterocycles. The largest absolute Gasteiger partial charge is 0.416 e. The summed E-state index contributed by atoms with van der Waals surface area (Å²) in [7, 11) is 0. The summed E-state index contributed by atoms with van der Waals surface area (Å²) in [5.41, 5.74) is 0.218. The van der Waals surface area contributed by atoms with Crippen LogP contribution in [0.25, 0.3) is 0 Å². The first kappa shape index (κ1) is 19.9. The first-order valence-electron chi connectivity index (χ1n) is 8.29. The molecule has 0 atom stereocenters. The summed E-state index contributed by atoms with van der Waals surface area (Å²) in [6, 6.07) is 6.20. The van der Waals surface area contributed by atoms with Gasteiger partial charge in [0.1, 0.15) is 6.21 Å². The van der Waals surface area contributed by atoms with E-state index in [0.29, 0.717) is 13.1 Å². The Bertz CT molecular complexity index is 895. The van der Waals surface area contributed by atoms with Crippen molar-refractivity contribution in [3.8, 4) is 0 Å². The SMILES string of the molecule is O=C(/C=N/OCC(=O)N1CCc2sccc2C1)Nc1cccc(C(F)(F)F)c1. The fourth-order valence-corrected chi connectivity index (χ4v) is 3.57. The van der Waals surface area contributed by atoms with Gasteiger partial charge in [0.05, 0.1) is 5.56 Å². The minimum atomic E-state index is -4.50. The van der Waals surface area contributed by atoms with Crippen LogP contribution in [0.3, 0.4) is 0 Å². The molecule has 2 aromatic rings. The Labute approximate surface area is 162 Å².